The van der Waals surface area contributed by atoms with Crippen molar-refractivity contribution in [1.82, 2.24) is 0 Å². The summed E-state index contributed by atoms with van der Waals surface area (Å²) in [4.78, 5) is 24.8. The molecule has 0 heterocycles. The van der Waals surface area contributed by atoms with Crippen LogP contribution in [-0.2, 0) is 4.79 Å². The lowest BCUT2D eigenvalue weighted by molar-refractivity contribution is -0.117. The molecule has 3 N–H and O–H groups in total. The van der Waals surface area contributed by atoms with Crippen molar-refractivity contribution in [2.75, 3.05) is 22.5 Å². The number of benzene rings is 2. The highest BCUT2D eigenvalue weighted by atomic mass is 35.5. The summed E-state index contributed by atoms with van der Waals surface area (Å²) in [5.41, 5.74) is -0.232. The summed E-state index contributed by atoms with van der Waals surface area (Å²) >= 11 is 17.9. The van der Waals surface area contributed by atoms with Crippen molar-refractivity contribution in [3.8, 4) is 0 Å². The van der Waals surface area contributed by atoms with Crippen molar-refractivity contribution in [2.45, 2.75) is 24.1 Å². The Hall–Kier alpha value is -2.09. The van der Waals surface area contributed by atoms with Crippen molar-refractivity contribution < 1.29 is 18.4 Å². The Morgan fingerprint density at radius 1 is 1.17 bits per heavy atom. The SMILES string of the molecule is CCCNc1c(F)ccc(NC(=O)c2cc(NC(=O)[C@H]3CC3(Cl)Cl)ccc2Cl)c1F. The van der Waals surface area contributed by atoms with Crippen molar-refractivity contribution in [3.05, 3.63) is 52.6 Å². The zero-order valence-electron chi connectivity index (χ0n) is 15.8. The molecule has 0 aliphatic heterocycles. The lowest BCUT2D eigenvalue weighted by atomic mass is 10.1. The van der Waals surface area contributed by atoms with E-state index in [1.54, 1.807) is 0 Å². The Labute approximate surface area is 187 Å². The Kier molecular flexibility index (Phi) is 6.75. The van der Waals surface area contributed by atoms with E-state index in [-0.39, 0.29) is 27.9 Å². The third-order valence-electron chi connectivity index (χ3n) is 4.51. The van der Waals surface area contributed by atoms with E-state index in [1.807, 2.05) is 6.92 Å². The molecule has 0 radical (unpaired) electrons. The molecule has 0 aromatic heterocycles. The van der Waals surface area contributed by atoms with Gasteiger partial charge in [0.25, 0.3) is 5.91 Å². The van der Waals surface area contributed by atoms with Gasteiger partial charge in [-0.05, 0) is 43.2 Å². The predicted molar refractivity (Wildman–Crippen MR) is 116 cm³/mol. The van der Waals surface area contributed by atoms with Crippen LogP contribution in [-0.4, -0.2) is 22.7 Å². The van der Waals surface area contributed by atoms with Gasteiger partial charge in [0.1, 0.15) is 15.8 Å². The second-order valence-electron chi connectivity index (χ2n) is 6.87. The number of amides is 2. The Bertz CT molecular complexity index is 1000. The summed E-state index contributed by atoms with van der Waals surface area (Å²) in [6.07, 6.45) is 1.00. The first-order chi connectivity index (χ1) is 14.1. The van der Waals surface area contributed by atoms with Gasteiger partial charge >= 0.3 is 0 Å². The van der Waals surface area contributed by atoms with Crippen LogP contribution in [0.15, 0.2) is 30.3 Å². The van der Waals surface area contributed by atoms with Crippen molar-refractivity contribution in [2.24, 2.45) is 5.92 Å². The van der Waals surface area contributed by atoms with Crippen LogP contribution in [0.3, 0.4) is 0 Å². The minimum Gasteiger partial charge on any atom is -0.380 e. The Morgan fingerprint density at radius 2 is 1.87 bits per heavy atom. The molecule has 2 amide bonds. The molecule has 1 aliphatic carbocycles. The molecule has 30 heavy (non-hydrogen) atoms. The fourth-order valence-electron chi connectivity index (χ4n) is 2.75. The van der Waals surface area contributed by atoms with E-state index < -0.39 is 27.8 Å². The zero-order valence-corrected chi connectivity index (χ0v) is 18.1. The number of hydrogen-bond acceptors (Lipinski definition) is 3. The standard InChI is InChI=1S/C20H18Cl3F2N3O2/c1-2-7-26-17-14(24)5-6-15(16(17)25)28-18(29)11-8-10(3-4-13(11)21)27-19(30)12-9-20(12,22)23/h3-6,8,12,26H,2,7,9H2,1H3,(H,27,30)(H,28,29)/t12-/m1/s1. The van der Waals surface area contributed by atoms with Crippen LogP contribution in [0.5, 0.6) is 0 Å². The lowest BCUT2D eigenvalue weighted by Crippen LogP contribution is -2.18. The highest BCUT2D eigenvalue weighted by molar-refractivity contribution is 6.52. The normalized spacial score (nSPS) is 16.7. The van der Waals surface area contributed by atoms with Crippen LogP contribution in [0.1, 0.15) is 30.1 Å². The highest BCUT2D eigenvalue weighted by Crippen LogP contribution is 2.53. The first kappa shape index (κ1) is 22.6. The molecule has 2 aromatic carbocycles. The van der Waals surface area contributed by atoms with Crippen molar-refractivity contribution in [1.29, 1.82) is 0 Å². The van der Waals surface area contributed by atoms with Crippen LogP contribution in [0.4, 0.5) is 25.8 Å². The number of rotatable bonds is 7. The summed E-state index contributed by atoms with van der Waals surface area (Å²) in [6, 6.07) is 6.44. The molecule has 5 nitrogen and oxygen atoms in total. The monoisotopic (exact) mass is 475 g/mol. The molecule has 2 aromatic rings. The van der Waals surface area contributed by atoms with Crippen LogP contribution in [0.2, 0.25) is 5.02 Å². The molecule has 0 spiro atoms. The van der Waals surface area contributed by atoms with Gasteiger partial charge in [-0.15, -0.1) is 23.2 Å². The van der Waals surface area contributed by atoms with E-state index in [0.29, 0.717) is 25.1 Å². The van der Waals surface area contributed by atoms with Crippen LogP contribution in [0.25, 0.3) is 0 Å². The zero-order chi connectivity index (χ0) is 22.1. The number of anilines is 3. The van der Waals surface area contributed by atoms with Gasteiger partial charge in [-0.2, -0.15) is 0 Å². The van der Waals surface area contributed by atoms with Gasteiger partial charge in [0.05, 0.1) is 22.2 Å². The van der Waals surface area contributed by atoms with E-state index in [1.165, 1.54) is 18.2 Å². The third kappa shape index (κ3) is 4.96. The van der Waals surface area contributed by atoms with Crippen LogP contribution >= 0.6 is 34.8 Å². The summed E-state index contributed by atoms with van der Waals surface area (Å²) in [5, 5.41) is 7.74. The van der Waals surface area contributed by atoms with Gasteiger partial charge < -0.3 is 16.0 Å². The van der Waals surface area contributed by atoms with Gasteiger partial charge in [0, 0.05) is 12.2 Å². The lowest BCUT2D eigenvalue weighted by Gasteiger charge is -2.13. The number of nitrogens with one attached hydrogen (secondary N) is 3. The smallest absolute Gasteiger partial charge is 0.257 e. The summed E-state index contributed by atoms with van der Waals surface area (Å²) in [6.45, 7) is 2.22. The summed E-state index contributed by atoms with van der Waals surface area (Å²) in [5.74, 6) is -3.34. The van der Waals surface area contributed by atoms with E-state index in [4.69, 9.17) is 34.8 Å². The molecule has 1 aliphatic rings. The number of carbonyl (C=O) groups is 2. The molecule has 1 atom stereocenters. The molecule has 0 unspecified atom stereocenters. The first-order valence-electron chi connectivity index (χ1n) is 9.15. The van der Waals surface area contributed by atoms with E-state index >= 15 is 0 Å². The molecular weight excluding hydrogens is 459 g/mol. The van der Waals surface area contributed by atoms with Crippen LogP contribution in [0, 0.1) is 17.6 Å². The fourth-order valence-corrected chi connectivity index (χ4v) is 3.47. The number of hydrogen-bond donors (Lipinski definition) is 3. The van der Waals surface area contributed by atoms with Gasteiger partial charge in [0.2, 0.25) is 5.91 Å². The molecule has 0 bridgehead atoms. The maximum atomic E-state index is 14.6. The fraction of sp³-hybridized carbons (Fsp3) is 0.300. The number of halogens is 5. The van der Waals surface area contributed by atoms with Gasteiger partial charge in [-0.25, -0.2) is 8.78 Å². The quantitative estimate of drug-likeness (QED) is 0.441. The summed E-state index contributed by atoms with van der Waals surface area (Å²) in [7, 11) is 0. The number of carbonyl (C=O) groups excluding carboxylic acids is 2. The average molecular weight is 477 g/mol. The minimum atomic E-state index is -1.08. The average Bonchev–Trinajstić information content (AvgIpc) is 3.34. The Morgan fingerprint density at radius 3 is 2.50 bits per heavy atom. The second kappa shape index (κ2) is 8.96. The van der Waals surface area contributed by atoms with Gasteiger partial charge in [0.15, 0.2) is 5.82 Å². The maximum Gasteiger partial charge on any atom is 0.257 e. The highest BCUT2D eigenvalue weighted by Gasteiger charge is 2.56. The number of alkyl halides is 2. The van der Waals surface area contributed by atoms with Crippen molar-refractivity contribution >= 4 is 63.7 Å². The topological polar surface area (TPSA) is 70.2 Å². The summed E-state index contributed by atoms with van der Waals surface area (Å²) < 4.78 is 27.4. The second-order valence-corrected chi connectivity index (χ2v) is 8.82. The third-order valence-corrected chi connectivity index (χ3v) is 5.68. The molecule has 3 rings (SSSR count). The molecule has 160 valence electrons. The van der Waals surface area contributed by atoms with Crippen LogP contribution < -0.4 is 16.0 Å². The maximum absolute atomic E-state index is 14.6. The van der Waals surface area contributed by atoms with E-state index in [9.17, 15) is 18.4 Å². The van der Waals surface area contributed by atoms with Gasteiger partial charge in [-0.3, -0.25) is 9.59 Å². The van der Waals surface area contributed by atoms with Crippen molar-refractivity contribution in [3.63, 3.8) is 0 Å². The first-order valence-corrected chi connectivity index (χ1v) is 10.3. The van der Waals surface area contributed by atoms with E-state index in [0.717, 1.165) is 12.1 Å². The van der Waals surface area contributed by atoms with E-state index in [2.05, 4.69) is 16.0 Å². The molecule has 10 heteroatoms. The predicted octanol–water partition coefficient (Wildman–Crippen LogP) is 5.82. The molecule has 0 saturated heterocycles. The molecule has 1 saturated carbocycles. The minimum absolute atomic E-state index is 0.0000613. The molecule has 1 fully saturated rings. The largest absolute Gasteiger partial charge is 0.380 e. The Balaban J connectivity index is 1.78. The molecular formula is C20H18Cl3F2N3O2. The van der Waals surface area contributed by atoms with Gasteiger partial charge in [-0.1, -0.05) is 18.5 Å².